The number of esters is 1. The summed E-state index contributed by atoms with van der Waals surface area (Å²) >= 11 is 1.25. The summed E-state index contributed by atoms with van der Waals surface area (Å²) in [7, 11) is 1.57. The molecule has 1 atom stereocenters. The van der Waals surface area contributed by atoms with Gasteiger partial charge in [0, 0.05) is 22.6 Å². The van der Waals surface area contributed by atoms with Gasteiger partial charge in [-0.1, -0.05) is 53.8 Å². The number of carbonyl (C=O) groups excluding carboxylic acids is 1. The summed E-state index contributed by atoms with van der Waals surface area (Å²) in [6.07, 6.45) is 1.84. The third-order valence-corrected chi connectivity index (χ3v) is 8.90. The standard InChI is InChI=1S/C36H31N3O6S/c1-5-45-35(43)30-31(23-10-7-6-8-11-23)37-36-39(32(30)25-12-9-13-28(19-25)44-4)33(40)29(46-36)20-26-18-21(2)38(22(26)3)27-16-14-24(15-17-27)34(41)42/h6-20,32H,5H2,1-4H3,(H,41,42)/b29-20-/t32-/m0/s1. The van der Waals surface area contributed by atoms with E-state index in [1.807, 2.05) is 85.2 Å². The minimum atomic E-state index is -0.989. The fraction of sp³-hybridized carbons (Fsp3) is 0.167. The molecule has 46 heavy (non-hydrogen) atoms. The van der Waals surface area contributed by atoms with Crippen molar-refractivity contribution in [2.45, 2.75) is 26.8 Å². The van der Waals surface area contributed by atoms with Crippen molar-refractivity contribution < 1.29 is 24.2 Å². The molecule has 0 unspecified atom stereocenters. The molecule has 0 fully saturated rings. The number of carboxylic acids is 1. The van der Waals surface area contributed by atoms with Crippen LogP contribution in [-0.2, 0) is 9.53 Å². The van der Waals surface area contributed by atoms with Crippen LogP contribution in [0.3, 0.4) is 0 Å². The van der Waals surface area contributed by atoms with Crippen molar-refractivity contribution in [3.05, 3.63) is 144 Å². The Morgan fingerprint density at radius 3 is 2.41 bits per heavy atom. The molecule has 1 aliphatic rings. The first kappa shape index (κ1) is 30.5. The van der Waals surface area contributed by atoms with E-state index in [1.54, 1.807) is 42.9 Å². The van der Waals surface area contributed by atoms with Gasteiger partial charge in [0.1, 0.15) is 5.75 Å². The number of thiazole rings is 1. The van der Waals surface area contributed by atoms with Crippen LogP contribution in [0.1, 0.15) is 51.4 Å². The molecule has 10 heteroatoms. The topological polar surface area (TPSA) is 112 Å². The van der Waals surface area contributed by atoms with Crippen LogP contribution in [0.5, 0.6) is 5.75 Å². The van der Waals surface area contributed by atoms with E-state index in [2.05, 4.69) is 0 Å². The normalized spacial score (nSPS) is 14.5. The average Bonchev–Trinajstić information content (AvgIpc) is 3.53. The van der Waals surface area contributed by atoms with E-state index in [1.165, 1.54) is 11.3 Å². The fourth-order valence-electron chi connectivity index (χ4n) is 5.79. The molecule has 0 aliphatic carbocycles. The molecule has 0 bridgehead atoms. The number of methoxy groups -OCH3 is 1. The van der Waals surface area contributed by atoms with Gasteiger partial charge in [0.2, 0.25) is 0 Å². The van der Waals surface area contributed by atoms with Crippen LogP contribution in [0.15, 0.2) is 100 Å². The van der Waals surface area contributed by atoms with Gasteiger partial charge in [-0.15, -0.1) is 0 Å². The third kappa shape index (κ3) is 5.48. The van der Waals surface area contributed by atoms with E-state index >= 15 is 0 Å². The second-order valence-corrected chi connectivity index (χ2v) is 11.7. The van der Waals surface area contributed by atoms with E-state index in [-0.39, 0.29) is 23.3 Å². The molecule has 0 saturated heterocycles. The Morgan fingerprint density at radius 2 is 1.74 bits per heavy atom. The maximum absolute atomic E-state index is 14.3. The molecule has 1 aliphatic heterocycles. The highest BCUT2D eigenvalue weighted by atomic mass is 32.1. The molecule has 3 heterocycles. The summed E-state index contributed by atoms with van der Waals surface area (Å²) in [6, 6.07) is 24.5. The SMILES string of the molecule is CCOC(=O)C1=C(c2ccccc2)N=c2s/c(=C\c3cc(C)n(-c4ccc(C(=O)O)cc4)c3C)c(=O)n2[C@H]1c1cccc(OC)c1. The van der Waals surface area contributed by atoms with E-state index in [0.29, 0.717) is 26.3 Å². The second-order valence-electron chi connectivity index (χ2n) is 10.7. The molecule has 0 amide bonds. The zero-order valence-electron chi connectivity index (χ0n) is 25.7. The molecule has 9 nitrogen and oxygen atoms in total. The van der Waals surface area contributed by atoms with Crippen LogP contribution >= 0.6 is 11.3 Å². The number of rotatable bonds is 8. The number of hydrogen-bond acceptors (Lipinski definition) is 7. The zero-order valence-corrected chi connectivity index (χ0v) is 26.5. The maximum Gasteiger partial charge on any atom is 0.338 e. The van der Waals surface area contributed by atoms with Crippen molar-refractivity contribution in [2.24, 2.45) is 4.99 Å². The fourth-order valence-corrected chi connectivity index (χ4v) is 6.78. The minimum absolute atomic E-state index is 0.161. The van der Waals surface area contributed by atoms with Crippen LogP contribution in [0, 0.1) is 13.8 Å². The highest BCUT2D eigenvalue weighted by Crippen LogP contribution is 2.36. The van der Waals surface area contributed by atoms with Crippen LogP contribution in [0.4, 0.5) is 0 Å². The smallest absolute Gasteiger partial charge is 0.338 e. The van der Waals surface area contributed by atoms with E-state index in [9.17, 15) is 19.5 Å². The number of nitrogens with zero attached hydrogens (tertiary/aromatic N) is 3. The third-order valence-electron chi connectivity index (χ3n) is 7.91. The maximum atomic E-state index is 14.3. The van der Waals surface area contributed by atoms with Crippen molar-refractivity contribution in [3.8, 4) is 11.4 Å². The molecule has 232 valence electrons. The summed E-state index contributed by atoms with van der Waals surface area (Å²) < 4.78 is 15.1. The number of carboxylic acid groups (broad SMARTS) is 1. The Kier molecular flexibility index (Phi) is 8.29. The summed E-state index contributed by atoms with van der Waals surface area (Å²) in [4.78, 5) is 44.7. The number of aromatic carboxylic acids is 1. The van der Waals surface area contributed by atoms with Gasteiger partial charge < -0.3 is 19.1 Å². The van der Waals surface area contributed by atoms with Crippen molar-refractivity contribution >= 4 is 35.0 Å². The lowest BCUT2D eigenvalue weighted by atomic mass is 9.93. The predicted molar refractivity (Wildman–Crippen MR) is 176 cm³/mol. The number of aromatic nitrogens is 2. The number of fused-ring (bicyclic) bond motifs is 1. The Labute approximate surface area is 268 Å². The van der Waals surface area contributed by atoms with Gasteiger partial charge in [-0.05, 0) is 80.4 Å². The molecule has 2 aromatic heterocycles. The number of carbonyl (C=O) groups is 2. The summed E-state index contributed by atoms with van der Waals surface area (Å²) in [5, 5.41) is 9.31. The number of benzene rings is 3. The van der Waals surface area contributed by atoms with E-state index < -0.39 is 18.0 Å². The van der Waals surface area contributed by atoms with Gasteiger partial charge in [-0.2, -0.15) is 0 Å². The highest BCUT2D eigenvalue weighted by molar-refractivity contribution is 7.07. The summed E-state index contributed by atoms with van der Waals surface area (Å²) in [6.45, 7) is 5.81. The Bertz CT molecular complexity index is 2190. The first-order valence-electron chi connectivity index (χ1n) is 14.7. The number of aryl methyl sites for hydroxylation is 1. The molecular weight excluding hydrogens is 602 g/mol. The first-order chi connectivity index (χ1) is 22.2. The quantitative estimate of drug-likeness (QED) is 0.240. The Morgan fingerprint density at radius 1 is 1.00 bits per heavy atom. The monoisotopic (exact) mass is 633 g/mol. The van der Waals surface area contributed by atoms with Gasteiger partial charge in [0.25, 0.3) is 5.56 Å². The molecule has 3 aromatic carbocycles. The van der Waals surface area contributed by atoms with E-state index in [0.717, 1.165) is 28.2 Å². The van der Waals surface area contributed by atoms with Crippen LogP contribution in [0.2, 0.25) is 0 Å². The molecule has 0 saturated carbocycles. The lowest BCUT2D eigenvalue weighted by molar-refractivity contribution is -0.138. The molecule has 1 N–H and O–H groups in total. The molecule has 0 spiro atoms. The lowest BCUT2D eigenvalue weighted by Crippen LogP contribution is -2.40. The average molecular weight is 634 g/mol. The van der Waals surface area contributed by atoms with Crippen molar-refractivity contribution in [3.63, 3.8) is 0 Å². The Hall–Kier alpha value is -5.48. The van der Waals surface area contributed by atoms with Gasteiger partial charge in [-0.25, -0.2) is 14.6 Å². The largest absolute Gasteiger partial charge is 0.497 e. The van der Waals surface area contributed by atoms with Crippen molar-refractivity contribution in [1.82, 2.24) is 9.13 Å². The van der Waals surface area contributed by atoms with Crippen LogP contribution in [0.25, 0.3) is 17.5 Å². The number of ether oxygens (including phenoxy) is 2. The highest BCUT2D eigenvalue weighted by Gasteiger charge is 2.35. The second kappa shape index (κ2) is 12.5. The van der Waals surface area contributed by atoms with Crippen molar-refractivity contribution in [1.29, 1.82) is 0 Å². The van der Waals surface area contributed by atoms with Crippen LogP contribution < -0.4 is 19.6 Å². The zero-order chi connectivity index (χ0) is 32.5. The van der Waals surface area contributed by atoms with Gasteiger partial charge >= 0.3 is 11.9 Å². The van der Waals surface area contributed by atoms with Crippen molar-refractivity contribution in [2.75, 3.05) is 13.7 Å². The minimum Gasteiger partial charge on any atom is -0.497 e. The molecule has 0 radical (unpaired) electrons. The van der Waals surface area contributed by atoms with E-state index in [4.69, 9.17) is 14.5 Å². The molecule has 6 rings (SSSR count). The summed E-state index contributed by atoms with van der Waals surface area (Å²) in [5.41, 5.74) is 5.48. The van der Waals surface area contributed by atoms with Gasteiger partial charge in [0.05, 0.1) is 41.1 Å². The van der Waals surface area contributed by atoms with Crippen LogP contribution in [-0.4, -0.2) is 39.9 Å². The lowest BCUT2D eigenvalue weighted by Gasteiger charge is -2.26. The van der Waals surface area contributed by atoms with Gasteiger partial charge in [0.15, 0.2) is 4.80 Å². The number of hydrogen-bond donors (Lipinski definition) is 1. The molecular formula is C36H31N3O6S. The Balaban J connectivity index is 1.58. The molecule has 5 aromatic rings. The first-order valence-corrected chi connectivity index (χ1v) is 15.5. The summed E-state index contributed by atoms with van der Waals surface area (Å²) in [5.74, 6) is -0.952. The van der Waals surface area contributed by atoms with Gasteiger partial charge in [-0.3, -0.25) is 9.36 Å². The predicted octanol–water partition coefficient (Wildman–Crippen LogP) is 5.05.